The Hall–Kier alpha value is -3.54. The molecule has 0 atom stereocenters. The van der Waals surface area contributed by atoms with E-state index in [1.54, 1.807) is 12.1 Å². The van der Waals surface area contributed by atoms with Gasteiger partial charge in [0.15, 0.2) is 11.5 Å². The highest BCUT2D eigenvalue weighted by atomic mass is 16.5. The van der Waals surface area contributed by atoms with Crippen molar-refractivity contribution in [3.63, 3.8) is 0 Å². The van der Waals surface area contributed by atoms with Gasteiger partial charge >= 0.3 is 0 Å². The van der Waals surface area contributed by atoms with E-state index in [-0.39, 0.29) is 18.2 Å². The Morgan fingerprint density at radius 1 is 1.15 bits per heavy atom. The third kappa shape index (κ3) is 4.10. The first-order chi connectivity index (χ1) is 12.7. The first kappa shape index (κ1) is 17.3. The number of amides is 1. The van der Waals surface area contributed by atoms with E-state index >= 15 is 0 Å². The number of hydrogen-bond donors (Lipinski definition) is 3. The van der Waals surface area contributed by atoms with Crippen molar-refractivity contribution in [3.05, 3.63) is 66.2 Å². The van der Waals surface area contributed by atoms with Crippen LogP contribution in [0, 0.1) is 0 Å². The smallest absolute Gasteiger partial charge is 0.259 e. The Morgan fingerprint density at radius 2 is 1.96 bits per heavy atom. The van der Waals surface area contributed by atoms with Crippen LogP contribution in [0.15, 0.2) is 65.8 Å². The van der Waals surface area contributed by atoms with Gasteiger partial charge < -0.3 is 15.2 Å². The zero-order chi connectivity index (χ0) is 18.4. The summed E-state index contributed by atoms with van der Waals surface area (Å²) in [5.74, 6) is 0.130. The molecule has 3 aromatic carbocycles. The van der Waals surface area contributed by atoms with Crippen LogP contribution in [-0.4, -0.2) is 30.9 Å². The number of carbonyl (C=O) groups excluding carboxylic acids is 1. The van der Waals surface area contributed by atoms with Gasteiger partial charge in [0.05, 0.1) is 19.9 Å². The summed E-state index contributed by atoms with van der Waals surface area (Å²) in [6.07, 6.45) is 1.48. The predicted octanol–water partition coefficient (Wildman–Crippen LogP) is 3.12. The van der Waals surface area contributed by atoms with E-state index in [9.17, 15) is 9.90 Å². The number of carbonyl (C=O) groups is 1. The maximum Gasteiger partial charge on any atom is 0.259 e. The Morgan fingerprint density at radius 3 is 2.81 bits per heavy atom. The quantitative estimate of drug-likeness (QED) is 0.472. The SMILES string of the molecule is COc1cc(/C=N\NC(=O)CNc2cccc3ccccc23)ccc1O. The van der Waals surface area contributed by atoms with Gasteiger partial charge in [-0.3, -0.25) is 4.79 Å². The van der Waals surface area contributed by atoms with Crippen molar-refractivity contribution in [2.24, 2.45) is 5.10 Å². The average Bonchev–Trinajstić information content (AvgIpc) is 2.67. The number of hydrazone groups is 1. The molecule has 0 spiro atoms. The lowest BCUT2D eigenvalue weighted by molar-refractivity contribution is -0.119. The van der Waals surface area contributed by atoms with Crippen LogP contribution in [0.5, 0.6) is 11.5 Å². The summed E-state index contributed by atoms with van der Waals surface area (Å²) in [5, 5.41) is 18.8. The second-order valence-electron chi connectivity index (χ2n) is 5.60. The van der Waals surface area contributed by atoms with Crippen LogP contribution < -0.4 is 15.5 Å². The first-order valence-corrected chi connectivity index (χ1v) is 8.08. The topological polar surface area (TPSA) is 83.0 Å². The third-order valence-electron chi connectivity index (χ3n) is 3.84. The summed E-state index contributed by atoms with van der Waals surface area (Å²) in [6, 6.07) is 18.7. The molecule has 26 heavy (non-hydrogen) atoms. The summed E-state index contributed by atoms with van der Waals surface area (Å²) < 4.78 is 5.03. The molecule has 3 aromatic rings. The van der Waals surface area contributed by atoms with Gasteiger partial charge in [0.2, 0.25) is 0 Å². The number of nitrogens with one attached hydrogen (secondary N) is 2. The molecule has 0 aliphatic heterocycles. The summed E-state index contributed by atoms with van der Waals surface area (Å²) in [5.41, 5.74) is 4.06. The van der Waals surface area contributed by atoms with E-state index in [4.69, 9.17) is 4.74 Å². The fraction of sp³-hybridized carbons (Fsp3) is 0.100. The van der Waals surface area contributed by atoms with E-state index in [0.717, 1.165) is 16.5 Å². The fourth-order valence-electron chi connectivity index (χ4n) is 2.55. The summed E-state index contributed by atoms with van der Waals surface area (Å²) in [6.45, 7) is 0.101. The number of nitrogens with zero attached hydrogens (tertiary/aromatic N) is 1. The molecule has 0 unspecified atom stereocenters. The number of phenolic OH excluding ortho intramolecular Hbond substituents is 1. The number of fused-ring (bicyclic) bond motifs is 1. The minimum atomic E-state index is -0.264. The van der Waals surface area contributed by atoms with Crippen molar-refractivity contribution in [1.29, 1.82) is 0 Å². The lowest BCUT2D eigenvalue weighted by atomic mass is 10.1. The molecule has 0 aliphatic rings. The number of rotatable bonds is 6. The van der Waals surface area contributed by atoms with Gasteiger partial charge in [-0.1, -0.05) is 36.4 Å². The fourth-order valence-corrected chi connectivity index (χ4v) is 2.55. The molecule has 6 heteroatoms. The van der Waals surface area contributed by atoms with Gasteiger partial charge in [-0.05, 0) is 35.2 Å². The van der Waals surface area contributed by atoms with Gasteiger partial charge in [0.25, 0.3) is 5.91 Å². The van der Waals surface area contributed by atoms with E-state index in [2.05, 4.69) is 15.8 Å². The van der Waals surface area contributed by atoms with Crippen LogP contribution in [0.2, 0.25) is 0 Å². The number of phenols is 1. The van der Waals surface area contributed by atoms with Crippen LogP contribution in [0.1, 0.15) is 5.56 Å². The number of hydrogen-bond acceptors (Lipinski definition) is 5. The number of methoxy groups -OCH3 is 1. The molecule has 0 aliphatic carbocycles. The molecular weight excluding hydrogens is 330 g/mol. The molecular formula is C20H19N3O3. The van der Waals surface area contributed by atoms with Crippen LogP contribution in [0.25, 0.3) is 10.8 Å². The Labute approximate surface area is 151 Å². The van der Waals surface area contributed by atoms with Crippen molar-refractivity contribution in [1.82, 2.24) is 5.43 Å². The lowest BCUT2D eigenvalue weighted by Gasteiger charge is -2.08. The van der Waals surface area contributed by atoms with Gasteiger partial charge in [0.1, 0.15) is 0 Å². The predicted molar refractivity (Wildman–Crippen MR) is 103 cm³/mol. The van der Waals surface area contributed by atoms with Gasteiger partial charge in [-0.15, -0.1) is 0 Å². The van der Waals surface area contributed by atoms with Crippen LogP contribution >= 0.6 is 0 Å². The van der Waals surface area contributed by atoms with Crippen molar-refractivity contribution in [2.75, 3.05) is 19.0 Å². The van der Waals surface area contributed by atoms with Crippen molar-refractivity contribution in [3.8, 4) is 11.5 Å². The Bertz CT molecular complexity index is 949. The maximum atomic E-state index is 12.0. The highest BCUT2D eigenvalue weighted by Gasteiger charge is 2.04. The van der Waals surface area contributed by atoms with Crippen molar-refractivity contribution < 1.29 is 14.6 Å². The molecule has 0 aromatic heterocycles. The highest BCUT2D eigenvalue weighted by Crippen LogP contribution is 2.25. The molecule has 6 nitrogen and oxygen atoms in total. The van der Waals surface area contributed by atoms with Gasteiger partial charge in [-0.2, -0.15) is 5.10 Å². The Kier molecular flexibility index (Phi) is 5.34. The number of benzene rings is 3. The Balaban J connectivity index is 1.57. The number of anilines is 1. The number of aromatic hydroxyl groups is 1. The molecule has 0 saturated heterocycles. The third-order valence-corrected chi connectivity index (χ3v) is 3.84. The van der Waals surface area contributed by atoms with E-state index < -0.39 is 0 Å². The number of ether oxygens (including phenoxy) is 1. The van der Waals surface area contributed by atoms with Gasteiger partial charge in [-0.25, -0.2) is 5.43 Å². The summed E-state index contributed by atoms with van der Waals surface area (Å²) >= 11 is 0. The van der Waals surface area contributed by atoms with Crippen LogP contribution in [0.3, 0.4) is 0 Å². The minimum Gasteiger partial charge on any atom is -0.504 e. The highest BCUT2D eigenvalue weighted by molar-refractivity contribution is 5.95. The maximum absolute atomic E-state index is 12.0. The van der Waals surface area contributed by atoms with Crippen LogP contribution in [-0.2, 0) is 4.79 Å². The van der Waals surface area contributed by atoms with Gasteiger partial charge in [0, 0.05) is 11.1 Å². The average molecular weight is 349 g/mol. The van der Waals surface area contributed by atoms with Crippen molar-refractivity contribution in [2.45, 2.75) is 0 Å². The molecule has 1 amide bonds. The molecule has 3 rings (SSSR count). The molecule has 0 bridgehead atoms. The lowest BCUT2D eigenvalue weighted by Crippen LogP contribution is -2.25. The standard InChI is InChI=1S/C20H19N3O3/c1-26-19-11-14(9-10-18(19)24)12-22-23-20(25)13-21-17-8-4-6-15-5-2-3-7-16(15)17/h2-12,21,24H,13H2,1H3,(H,23,25)/b22-12-. The monoisotopic (exact) mass is 349 g/mol. The largest absolute Gasteiger partial charge is 0.504 e. The molecule has 0 saturated carbocycles. The first-order valence-electron chi connectivity index (χ1n) is 8.08. The molecule has 0 radical (unpaired) electrons. The molecule has 0 heterocycles. The van der Waals surface area contributed by atoms with E-state index in [1.165, 1.54) is 19.4 Å². The molecule has 132 valence electrons. The second kappa shape index (κ2) is 8.02. The minimum absolute atomic E-state index is 0.0490. The van der Waals surface area contributed by atoms with E-state index in [1.807, 2.05) is 42.5 Å². The normalized spacial score (nSPS) is 10.8. The van der Waals surface area contributed by atoms with Crippen LogP contribution in [0.4, 0.5) is 5.69 Å². The summed E-state index contributed by atoms with van der Waals surface area (Å²) in [4.78, 5) is 12.0. The second-order valence-corrected chi connectivity index (χ2v) is 5.60. The summed E-state index contributed by atoms with van der Waals surface area (Å²) in [7, 11) is 1.47. The molecule has 0 fully saturated rings. The van der Waals surface area contributed by atoms with E-state index in [0.29, 0.717) is 11.3 Å². The van der Waals surface area contributed by atoms with Crippen molar-refractivity contribution >= 4 is 28.6 Å². The zero-order valence-electron chi connectivity index (χ0n) is 14.3. The molecule has 3 N–H and O–H groups in total. The zero-order valence-corrected chi connectivity index (χ0v) is 14.3.